The molecule has 1 saturated carbocycles. The summed E-state index contributed by atoms with van der Waals surface area (Å²) in [5, 5.41) is 0.815. The Bertz CT molecular complexity index is 396. The van der Waals surface area contributed by atoms with Crippen LogP contribution in [0.4, 0.5) is 4.39 Å². The molecule has 0 N–H and O–H groups in total. The van der Waals surface area contributed by atoms with Crippen LogP contribution in [0, 0.1) is 5.82 Å². The highest BCUT2D eigenvalue weighted by atomic mass is 32.2. The number of halogens is 1. The summed E-state index contributed by atoms with van der Waals surface area (Å²) < 4.78 is 12.7. The number of benzene rings is 1. The van der Waals surface area contributed by atoms with Crippen LogP contribution in [0.3, 0.4) is 0 Å². The molecule has 0 aliphatic heterocycles. The third-order valence-electron chi connectivity index (χ3n) is 3.62. The Morgan fingerprint density at radius 1 is 1.16 bits per heavy atom. The van der Waals surface area contributed by atoms with Gasteiger partial charge >= 0.3 is 0 Å². The third kappa shape index (κ3) is 4.98. The van der Waals surface area contributed by atoms with Crippen LogP contribution in [0.25, 0.3) is 0 Å². The van der Waals surface area contributed by atoms with E-state index in [0.717, 1.165) is 17.4 Å². The molecular weight excluding hydrogens is 259 g/mol. The van der Waals surface area contributed by atoms with Crippen molar-refractivity contribution in [1.29, 1.82) is 0 Å². The fourth-order valence-corrected chi connectivity index (χ4v) is 3.81. The molecule has 0 bridgehead atoms. The fourth-order valence-electron chi connectivity index (χ4n) is 2.49. The van der Waals surface area contributed by atoms with Crippen LogP contribution in [0.5, 0.6) is 0 Å². The summed E-state index contributed by atoms with van der Waals surface area (Å²) in [5.41, 5.74) is 0.629. The molecule has 0 atom stereocenters. The van der Waals surface area contributed by atoms with Gasteiger partial charge in [-0.3, -0.25) is 4.79 Å². The maximum absolute atomic E-state index is 12.7. The summed E-state index contributed by atoms with van der Waals surface area (Å²) in [6.45, 7) is 0. The second-order valence-corrected chi connectivity index (χ2v) is 6.57. The molecule has 0 unspecified atom stereocenters. The van der Waals surface area contributed by atoms with E-state index in [9.17, 15) is 9.18 Å². The molecule has 0 amide bonds. The molecule has 104 valence electrons. The normalized spacial score (nSPS) is 16.5. The zero-order valence-electron chi connectivity index (χ0n) is 11.2. The van der Waals surface area contributed by atoms with E-state index in [0.29, 0.717) is 12.0 Å². The first-order chi connectivity index (χ1) is 9.25. The Morgan fingerprint density at radius 3 is 2.53 bits per heavy atom. The molecule has 0 heterocycles. The smallest absolute Gasteiger partial charge is 0.162 e. The molecule has 1 aliphatic carbocycles. The second-order valence-electron chi connectivity index (χ2n) is 5.16. The average Bonchev–Trinajstić information content (AvgIpc) is 2.45. The van der Waals surface area contributed by atoms with Crippen LogP contribution in [0.15, 0.2) is 24.3 Å². The fraction of sp³-hybridized carbons (Fsp3) is 0.562. The Labute approximate surface area is 119 Å². The number of Topliss-reactive ketones (excluding diaryl/α,β-unsaturated/α-hetero) is 1. The minimum absolute atomic E-state index is 0.129. The predicted molar refractivity (Wildman–Crippen MR) is 79.3 cm³/mol. The summed E-state index contributed by atoms with van der Waals surface area (Å²) in [4.78, 5) is 11.9. The number of hydrogen-bond acceptors (Lipinski definition) is 2. The summed E-state index contributed by atoms with van der Waals surface area (Å²) in [6, 6.07) is 5.85. The number of hydrogen-bond donors (Lipinski definition) is 0. The number of thioether (sulfide) groups is 1. The van der Waals surface area contributed by atoms with Gasteiger partial charge in [-0.15, -0.1) is 0 Å². The lowest BCUT2D eigenvalue weighted by atomic mass is 10.0. The number of rotatable bonds is 6. The van der Waals surface area contributed by atoms with Crippen molar-refractivity contribution in [1.82, 2.24) is 0 Å². The molecule has 0 aromatic heterocycles. The molecule has 1 aromatic carbocycles. The first-order valence-electron chi connectivity index (χ1n) is 7.16. The molecule has 1 aromatic rings. The van der Waals surface area contributed by atoms with Crippen molar-refractivity contribution in [2.24, 2.45) is 0 Å². The highest BCUT2D eigenvalue weighted by molar-refractivity contribution is 7.99. The van der Waals surface area contributed by atoms with Gasteiger partial charge in [-0.2, -0.15) is 11.8 Å². The Morgan fingerprint density at radius 2 is 1.84 bits per heavy atom. The first kappa shape index (κ1) is 14.6. The van der Waals surface area contributed by atoms with Crippen LogP contribution in [-0.2, 0) is 0 Å². The predicted octanol–water partition coefficient (Wildman–Crippen LogP) is 4.85. The van der Waals surface area contributed by atoms with Gasteiger partial charge in [-0.25, -0.2) is 4.39 Å². The maximum Gasteiger partial charge on any atom is 0.162 e. The topological polar surface area (TPSA) is 17.1 Å². The van der Waals surface area contributed by atoms with Gasteiger partial charge < -0.3 is 0 Å². The van der Waals surface area contributed by atoms with Gasteiger partial charge in [0.25, 0.3) is 0 Å². The second kappa shape index (κ2) is 7.68. The van der Waals surface area contributed by atoms with Crippen molar-refractivity contribution in [3.8, 4) is 0 Å². The Hall–Kier alpha value is -0.830. The first-order valence-corrected chi connectivity index (χ1v) is 8.21. The number of carbonyl (C=O) groups is 1. The quantitative estimate of drug-likeness (QED) is 0.547. The summed E-state index contributed by atoms with van der Waals surface area (Å²) >= 11 is 2.02. The molecule has 19 heavy (non-hydrogen) atoms. The van der Waals surface area contributed by atoms with E-state index in [1.807, 2.05) is 11.8 Å². The molecule has 0 spiro atoms. The lowest BCUT2D eigenvalue weighted by Crippen LogP contribution is -2.09. The molecular formula is C16H21FOS. The average molecular weight is 280 g/mol. The standard InChI is InChI=1S/C16H21FOS/c17-14-10-8-13(9-11-14)16(18)7-4-12-19-15-5-2-1-3-6-15/h8-11,15H,1-7,12H2. The van der Waals surface area contributed by atoms with Crippen molar-refractivity contribution in [3.63, 3.8) is 0 Å². The molecule has 0 radical (unpaired) electrons. The van der Waals surface area contributed by atoms with Crippen molar-refractivity contribution in [2.45, 2.75) is 50.2 Å². The van der Waals surface area contributed by atoms with Gasteiger partial charge in [0.2, 0.25) is 0 Å². The van der Waals surface area contributed by atoms with E-state index >= 15 is 0 Å². The van der Waals surface area contributed by atoms with Gasteiger partial charge in [-0.05, 0) is 49.3 Å². The van der Waals surface area contributed by atoms with E-state index in [1.165, 1.54) is 44.2 Å². The van der Waals surface area contributed by atoms with Gasteiger partial charge in [-0.1, -0.05) is 19.3 Å². The monoisotopic (exact) mass is 280 g/mol. The van der Waals surface area contributed by atoms with E-state index in [2.05, 4.69) is 0 Å². The zero-order valence-corrected chi connectivity index (χ0v) is 12.1. The lowest BCUT2D eigenvalue weighted by molar-refractivity contribution is 0.0982. The van der Waals surface area contributed by atoms with Crippen LogP contribution in [-0.4, -0.2) is 16.8 Å². The lowest BCUT2D eigenvalue weighted by Gasteiger charge is -2.20. The van der Waals surface area contributed by atoms with Crippen LogP contribution in [0.1, 0.15) is 55.3 Å². The van der Waals surface area contributed by atoms with Gasteiger partial charge in [0.05, 0.1) is 0 Å². The highest BCUT2D eigenvalue weighted by Gasteiger charge is 2.13. The van der Waals surface area contributed by atoms with E-state index in [-0.39, 0.29) is 11.6 Å². The molecule has 2 rings (SSSR count). The van der Waals surface area contributed by atoms with Crippen LogP contribution < -0.4 is 0 Å². The summed E-state index contributed by atoms with van der Waals surface area (Å²) in [5.74, 6) is 0.908. The van der Waals surface area contributed by atoms with E-state index in [4.69, 9.17) is 0 Å². The maximum atomic E-state index is 12.7. The van der Waals surface area contributed by atoms with E-state index in [1.54, 1.807) is 12.1 Å². The summed E-state index contributed by atoms with van der Waals surface area (Å²) in [6.07, 6.45) is 8.31. The van der Waals surface area contributed by atoms with Gasteiger partial charge in [0.1, 0.15) is 5.82 Å². The largest absolute Gasteiger partial charge is 0.294 e. The molecule has 1 nitrogen and oxygen atoms in total. The molecule has 3 heteroatoms. The number of ketones is 1. The van der Waals surface area contributed by atoms with Crippen molar-refractivity contribution in [2.75, 3.05) is 5.75 Å². The molecule has 1 fully saturated rings. The van der Waals surface area contributed by atoms with Crippen LogP contribution in [0.2, 0.25) is 0 Å². The SMILES string of the molecule is O=C(CCCSC1CCCCC1)c1ccc(F)cc1. The van der Waals surface area contributed by atoms with Gasteiger partial charge in [0, 0.05) is 17.2 Å². The van der Waals surface area contributed by atoms with Crippen molar-refractivity contribution < 1.29 is 9.18 Å². The minimum Gasteiger partial charge on any atom is -0.294 e. The zero-order chi connectivity index (χ0) is 13.5. The van der Waals surface area contributed by atoms with Crippen LogP contribution >= 0.6 is 11.8 Å². The Kier molecular flexibility index (Phi) is 5.90. The van der Waals surface area contributed by atoms with Crippen molar-refractivity contribution in [3.05, 3.63) is 35.6 Å². The molecule has 1 aliphatic rings. The Balaban J connectivity index is 1.64. The molecule has 0 saturated heterocycles. The number of carbonyl (C=O) groups excluding carboxylic acids is 1. The minimum atomic E-state index is -0.288. The van der Waals surface area contributed by atoms with E-state index < -0.39 is 0 Å². The third-order valence-corrected chi connectivity index (χ3v) is 5.09. The van der Waals surface area contributed by atoms with Crippen molar-refractivity contribution >= 4 is 17.5 Å². The van der Waals surface area contributed by atoms with Gasteiger partial charge in [0.15, 0.2) is 5.78 Å². The summed E-state index contributed by atoms with van der Waals surface area (Å²) in [7, 11) is 0. The highest BCUT2D eigenvalue weighted by Crippen LogP contribution is 2.28.